The lowest BCUT2D eigenvalue weighted by Gasteiger charge is -2.09. The average molecular weight is 381 g/mol. The molecule has 0 radical (unpaired) electrons. The topological polar surface area (TPSA) is 108 Å². The van der Waals surface area contributed by atoms with Gasteiger partial charge in [-0.05, 0) is 44.9 Å². The minimum Gasteiger partial charge on any atom is -0.349 e. The van der Waals surface area contributed by atoms with Crippen molar-refractivity contribution in [2.45, 2.75) is 37.8 Å². The van der Waals surface area contributed by atoms with E-state index in [4.69, 9.17) is 0 Å². The maximum absolute atomic E-state index is 12.3. The summed E-state index contributed by atoms with van der Waals surface area (Å²) in [5.74, 6) is 0.290. The second-order valence-electron chi connectivity index (χ2n) is 6.31. The van der Waals surface area contributed by atoms with E-state index in [1.54, 1.807) is 38.1 Å². The van der Waals surface area contributed by atoms with Gasteiger partial charge in [-0.2, -0.15) is 5.26 Å². The van der Waals surface area contributed by atoms with Crippen molar-refractivity contribution in [1.29, 1.82) is 5.26 Å². The van der Waals surface area contributed by atoms with Crippen LogP contribution in [0, 0.1) is 25.2 Å². The van der Waals surface area contributed by atoms with E-state index in [1.807, 2.05) is 0 Å². The lowest BCUT2D eigenvalue weighted by molar-refractivity contribution is -0.113. The summed E-state index contributed by atoms with van der Waals surface area (Å²) in [5.41, 5.74) is 2.06. The Kier molecular flexibility index (Phi) is 5.72. The molecule has 0 aliphatic heterocycles. The van der Waals surface area contributed by atoms with E-state index in [2.05, 4.69) is 26.7 Å². The van der Waals surface area contributed by atoms with E-state index < -0.39 is 0 Å². The van der Waals surface area contributed by atoms with E-state index in [1.165, 1.54) is 11.8 Å². The zero-order valence-corrected chi connectivity index (χ0v) is 15.9. The standard InChI is InChI=1S/C19H19N5O2S/c1-11-16(9-20)19(22-12(2)21-11)27-10-17(25)23-15-5-3-4-13(8-15)18(26)24-14-6-7-14/h3-5,8,14H,6-7,10H2,1-2H3,(H,23,25)(H,24,26). The van der Waals surface area contributed by atoms with Crippen LogP contribution in [0.3, 0.4) is 0 Å². The number of hydrogen-bond donors (Lipinski definition) is 2. The molecule has 1 aromatic heterocycles. The molecule has 1 aliphatic carbocycles. The normalized spacial score (nSPS) is 12.9. The fourth-order valence-electron chi connectivity index (χ4n) is 2.48. The molecule has 8 heteroatoms. The molecule has 7 nitrogen and oxygen atoms in total. The Morgan fingerprint density at radius 2 is 2.07 bits per heavy atom. The number of nitrogens with zero attached hydrogens (tertiary/aromatic N) is 3. The van der Waals surface area contributed by atoms with Crippen LogP contribution in [0.4, 0.5) is 5.69 Å². The van der Waals surface area contributed by atoms with Crippen molar-refractivity contribution in [3.8, 4) is 6.07 Å². The van der Waals surface area contributed by atoms with Crippen molar-refractivity contribution in [3.63, 3.8) is 0 Å². The largest absolute Gasteiger partial charge is 0.349 e. The number of thioether (sulfide) groups is 1. The molecule has 138 valence electrons. The third-order valence-electron chi connectivity index (χ3n) is 3.94. The Morgan fingerprint density at radius 1 is 1.30 bits per heavy atom. The van der Waals surface area contributed by atoms with E-state index in [-0.39, 0.29) is 23.6 Å². The van der Waals surface area contributed by atoms with E-state index in [9.17, 15) is 14.9 Å². The van der Waals surface area contributed by atoms with Crippen molar-refractivity contribution in [2.75, 3.05) is 11.1 Å². The van der Waals surface area contributed by atoms with Crippen LogP contribution in [0.2, 0.25) is 0 Å². The highest BCUT2D eigenvalue weighted by Gasteiger charge is 2.23. The molecule has 1 aliphatic rings. The first-order chi connectivity index (χ1) is 13.0. The van der Waals surface area contributed by atoms with Gasteiger partial charge in [-0.25, -0.2) is 9.97 Å². The van der Waals surface area contributed by atoms with Crippen LogP contribution in [0.25, 0.3) is 0 Å². The summed E-state index contributed by atoms with van der Waals surface area (Å²) in [5, 5.41) is 15.5. The second kappa shape index (κ2) is 8.18. The molecule has 0 spiro atoms. The third-order valence-corrected chi connectivity index (χ3v) is 4.92. The van der Waals surface area contributed by atoms with Crippen LogP contribution in [-0.4, -0.2) is 33.6 Å². The average Bonchev–Trinajstić information content (AvgIpc) is 3.44. The number of anilines is 1. The number of carbonyl (C=O) groups is 2. The van der Waals surface area contributed by atoms with Crippen LogP contribution >= 0.6 is 11.8 Å². The predicted molar refractivity (Wildman–Crippen MR) is 103 cm³/mol. The Bertz CT molecular complexity index is 934. The highest BCUT2D eigenvalue weighted by molar-refractivity contribution is 8.00. The zero-order chi connectivity index (χ0) is 19.4. The first-order valence-electron chi connectivity index (χ1n) is 8.55. The second-order valence-corrected chi connectivity index (χ2v) is 7.28. The fraction of sp³-hybridized carbons (Fsp3) is 0.316. The molecule has 0 bridgehead atoms. The molecule has 2 N–H and O–H groups in total. The van der Waals surface area contributed by atoms with Gasteiger partial charge in [-0.15, -0.1) is 0 Å². The molecule has 0 unspecified atom stereocenters. The minimum absolute atomic E-state index is 0.100. The highest BCUT2D eigenvalue weighted by Crippen LogP contribution is 2.23. The number of aromatic nitrogens is 2. The van der Waals surface area contributed by atoms with Crippen LogP contribution in [0.5, 0.6) is 0 Å². The third kappa shape index (κ3) is 5.05. The van der Waals surface area contributed by atoms with Crippen LogP contribution in [0.15, 0.2) is 29.3 Å². The Balaban J connectivity index is 1.61. The monoisotopic (exact) mass is 381 g/mol. The molecular formula is C19H19N5O2S. The first kappa shape index (κ1) is 18.9. The van der Waals surface area contributed by atoms with Gasteiger partial charge in [-0.3, -0.25) is 9.59 Å². The lowest BCUT2D eigenvalue weighted by Crippen LogP contribution is -2.25. The zero-order valence-electron chi connectivity index (χ0n) is 15.1. The summed E-state index contributed by atoms with van der Waals surface area (Å²) >= 11 is 1.19. The van der Waals surface area contributed by atoms with Crippen LogP contribution in [-0.2, 0) is 4.79 Å². The van der Waals surface area contributed by atoms with Gasteiger partial charge in [-0.1, -0.05) is 17.8 Å². The highest BCUT2D eigenvalue weighted by atomic mass is 32.2. The van der Waals surface area contributed by atoms with Gasteiger partial charge in [0.15, 0.2) is 0 Å². The summed E-state index contributed by atoms with van der Waals surface area (Å²) in [4.78, 5) is 32.8. The Morgan fingerprint density at radius 3 is 2.78 bits per heavy atom. The Hall–Kier alpha value is -2.92. The van der Waals surface area contributed by atoms with Crippen molar-refractivity contribution in [3.05, 3.63) is 46.9 Å². The van der Waals surface area contributed by atoms with Crippen molar-refractivity contribution >= 4 is 29.3 Å². The SMILES string of the molecule is Cc1nc(C)c(C#N)c(SCC(=O)Nc2cccc(C(=O)NC3CC3)c2)n1. The number of carbonyl (C=O) groups excluding carboxylic acids is 2. The molecule has 1 saturated carbocycles. The quantitative estimate of drug-likeness (QED) is 0.588. The number of nitrogens with one attached hydrogen (secondary N) is 2. The molecule has 1 fully saturated rings. The van der Waals surface area contributed by atoms with Gasteiger partial charge in [0.1, 0.15) is 22.5 Å². The molecule has 0 saturated heterocycles. The number of aryl methyl sites for hydroxylation is 2. The number of rotatable bonds is 6. The number of amides is 2. The van der Waals surface area contributed by atoms with Gasteiger partial charge in [0.2, 0.25) is 5.91 Å². The molecule has 2 amide bonds. The summed E-state index contributed by atoms with van der Waals surface area (Å²) in [7, 11) is 0. The molecule has 2 aromatic rings. The maximum Gasteiger partial charge on any atom is 0.251 e. The Labute approximate surface area is 161 Å². The van der Waals surface area contributed by atoms with Gasteiger partial charge < -0.3 is 10.6 Å². The van der Waals surface area contributed by atoms with Crippen molar-refractivity contribution in [2.24, 2.45) is 0 Å². The summed E-state index contributed by atoms with van der Waals surface area (Å²) in [6.45, 7) is 3.49. The van der Waals surface area contributed by atoms with E-state index >= 15 is 0 Å². The van der Waals surface area contributed by atoms with Gasteiger partial charge in [0.05, 0.1) is 11.4 Å². The van der Waals surface area contributed by atoms with Crippen molar-refractivity contribution in [1.82, 2.24) is 15.3 Å². The summed E-state index contributed by atoms with van der Waals surface area (Å²) < 4.78 is 0. The molecular weight excluding hydrogens is 362 g/mol. The first-order valence-corrected chi connectivity index (χ1v) is 9.53. The maximum atomic E-state index is 12.3. The van der Waals surface area contributed by atoms with E-state index in [0.29, 0.717) is 33.4 Å². The number of benzene rings is 1. The number of nitriles is 1. The van der Waals surface area contributed by atoms with Gasteiger partial charge in [0.25, 0.3) is 5.91 Å². The van der Waals surface area contributed by atoms with E-state index in [0.717, 1.165) is 12.8 Å². The molecule has 1 heterocycles. The van der Waals surface area contributed by atoms with Crippen LogP contribution < -0.4 is 10.6 Å². The van der Waals surface area contributed by atoms with Gasteiger partial charge >= 0.3 is 0 Å². The number of hydrogen-bond acceptors (Lipinski definition) is 6. The van der Waals surface area contributed by atoms with Crippen molar-refractivity contribution < 1.29 is 9.59 Å². The summed E-state index contributed by atoms with van der Waals surface area (Å²) in [6, 6.07) is 9.19. The summed E-state index contributed by atoms with van der Waals surface area (Å²) in [6.07, 6.45) is 2.04. The fourth-order valence-corrected chi connectivity index (χ4v) is 3.35. The van der Waals surface area contributed by atoms with Crippen LogP contribution in [0.1, 0.15) is 40.3 Å². The molecule has 3 rings (SSSR count). The molecule has 27 heavy (non-hydrogen) atoms. The predicted octanol–water partition coefficient (Wildman–Crippen LogP) is 2.59. The lowest BCUT2D eigenvalue weighted by atomic mass is 10.2. The minimum atomic E-state index is -0.238. The molecule has 0 atom stereocenters. The molecule has 1 aromatic carbocycles. The van der Waals surface area contributed by atoms with Gasteiger partial charge in [0, 0.05) is 17.3 Å². The smallest absolute Gasteiger partial charge is 0.251 e.